The van der Waals surface area contributed by atoms with Gasteiger partial charge in [-0.1, -0.05) is 33.3 Å². The number of ether oxygens (including phenoxy) is 1. The zero-order valence-corrected chi connectivity index (χ0v) is 14.9. The van der Waals surface area contributed by atoms with Gasteiger partial charge in [0.05, 0.1) is 6.61 Å². The fraction of sp³-hybridized carbons (Fsp3) is 0.842. The van der Waals surface area contributed by atoms with Gasteiger partial charge in [-0.05, 0) is 69.0 Å². The van der Waals surface area contributed by atoms with Crippen LogP contribution in [0, 0.1) is 11.3 Å². The summed E-state index contributed by atoms with van der Waals surface area (Å²) >= 11 is 0. The molecule has 0 amide bonds. The summed E-state index contributed by atoms with van der Waals surface area (Å²) in [7, 11) is 0. The van der Waals surface area contributed by atoms with Crippen LogP contribution in [0.2, 0.25) is 0 Å². The molecule has 0 bridgehead atoms. The van der Waals surface area contributed by atoms with Crippen LogP contribution in [0.1, 0.15) is 66.2 Å². The Morgan fingerprint density at radius 1 is 1.32 bits per heavy atom. The van der Waals surface area contributed by atoms with Crippen LogP contribution in [0.25, 0.3) is 0 Å². The Morgan fingerprint density at radius 2 is 2.00 bits per heavy atom. The molecule has 0 saturated carbocycles. The summed E-state index contributed by atoms with van der Waals surface area (Å²) in [6, 6.07) is -0.124. The zero-order chi connectivity index (χ0) is 16.2. The first-order chi connectivity index (χ1) is 10.4. The molecule has 0 aromatic heterocycles. The predicted octanol–water partition coefficient (Wildman–Crippen LogP) is 4.18. The molecule has 0 spiro atoms. The molecule has 0 aromatic rings. The summed E-state index contributed by atoms with van der Waals surface area (Å²) in [5, 5.41) is 0. The van der Waals surface area contributed by atoms with Crippen molar-refractivity contribution in [3.63, 3.8) is 0 Å². The molecule has 3 heteroatoms. The van der Waals surface area contributed by atoms with E-state index >= 15 is 0 Å². The first-order valence-electron chi connectivity index (χ1n) is 9.03. The van der Waals surface area contributed by atoms with Crippen LogP contribution >= 0.6 is 0 Å². The summed E-state index contributed by atoms with van der Waals surface area (Å²) in [6.45, 7) is 11.4. The number of carbonyl (C=O) groups excluding carboxylic acids is 1. The van der Waals surface area contributed by atoms with Crippen molar-refractivity contribution in [2.24, 2.45) is 11.3 Å². The molecule has 1 aliphatic heterocycles. The standard InChI is InChI=1S/C19H33NO2/c1-5-22-18(21)17(20-13-7-6-8-14-20)15-9-11-16(12-10-15)19(2,3)4/h9,16-17H,5-8,10-14H2,1-4H3. The van der Waals surface area contributed by atoms with E-state index in [9.17, 15) is 4.79 Å². The Hall–Kier alpha value is -0.830. The van der Waals surface area contributed by atoms with Gasteiger partial charge in [0.1, 0.15) is 6.04 Å². The van der Waals surface area contributed by atoms with Gasteiger partial charge in [0, 0.05) is 0 Å². The fourth-order valence-corrected chi connectivity index (χ4v) is 3.82. The number of esters is 1. The number of piperidine rings is 1. The molecule has 2 atom stereocenters. The number of likely N-dealkylation sites (tertiary alicyclic amines) is 1. The third-order valence-electron chi connectivity index (χ3n) is 5.29. The number of allylic oxidation sites excluding steroid dienone is 1. The molecule has 1 heterocycles. The molecule has 2 rings (SSSR count). The van der Waals surface area contributed by atoms with E-state index in [0.29, 0.717) is 12.0 Å². The van der Waals surface area contributed by atoms with Gasteiger partial charge in [0.2, 0.25) is 0 Å². The first kappa shape index (κ1) is 17.5. The highest BCUT2D eigenvalue weighted by Gasteiger charge is 2.34. The lowest BCUT2D eigenvalue weighted by atomic mass is 9.72. The summed E-state index contributed by atoms with van der Waals surface area (Å²) in [5.74, 6) is 0.685. The molecule has 126 valence electrons. The Bertz CT molecular complexity index is 402. The van der Waals surface area contributed by atoms with E-state index in [-0.39, 0.29) is 12.0 Å². The smallest absolute Gasteiger partial charge is 0.327 e. The van der Waals surface area contributed by atoms with Crippen LogP contribution in [-0.4, -0.2) is 36.6 Å². The van der Waals surface area contributed by atoms with E-state index in [0.717, 1.165) is 31.8 Å². The molecule has 2 unspecified atom stereocenters. The molecule has 0 radical (unpaired) electrons. The van der Waals surface area contributed by atoms with Crippen LogP contribution in [0.4, 0.5) is 0 Å². The Morgan fingerprint density at radius 3 is 2.50 bits per heavy atom. The van der Waals surface area contributed by atoms with Crippen LogP contribution < -0.4 is 0 Å². The summed E-state index contributed by atoms with van der Waals surface area (Å²) in [5.41, 5.74) is 1.66. The quantitative estimate of drug-likeness (QED) is 0.576. The minimum Gasteiger partial charge on any atom is -0.465 e. The topological polar surface area (TPSA) is 29.5 Å². The number of hydrogen-bond donors (Lipinski definition) is 0. The van der Waals surface area contributed by atoms with Crippen LogP contribution in [0.15, 0.2) is 11.6 Å². The minimum absolute atomic E-state index is 0.0372. The highest BCUT2D eigenvalue weighted by molar-refractivity contribution is 5.79. The zero-order valence-electron chi connectivity index (χ0n) is 14.9. The van der Waals surface area contributed by atoms with E-state index < -0.39 is 0 Å². The number of rotatable bonds is 4. The van der Waals surface area contributed by atoms with E-state index in [1.807, 2.05) is 6.92 Å². The second-order valence-corrected chi connectivity index (χ2v) is 7.87. The van der Waals surface area contributed by atoms with Crippen molar-refractivity contribution in [3.8, 4) is 0 Å². The SMILES string of the molecule is CCOC(=O)C(C1=CCC(C(C)(C)C)CC1)N1CCCCC1. The Labute approximate surface area is 136 Å². The third-order valence-corrected chi connectivity index (χ3v) is 5.29. The lowest BCUT2D eigenvalue weighted by molar-refractivity contribution is -0.148. The van der Waals surface area contributed by atoms with Crippen LogP contribution in [-0.2, 0) is 9.53 Å². The van der Waals surface area contributed by atoms with Gasteiger partial charge in [0.15, 0.2) is 0 Å². The predicted molar refractivity (Wildman–Crippen MR) is 90.7 cm³/mol. The summed E-state index contributed by atoms with van der Waals surface area (Å²) < 4.78 is 5.38. The highest BCUT2D eigenvalue weighted by atomic mass is 16.5. The Kier molecular flexibility index (Phi) is 6.08. The van der Waals surface area contributed by atoms with Gasteiger partial charge in [-0.3, -0.25) is 4.90 Å². The number of hydrogen-bond acceptors (Lipinski definition) is 3. The largest absolute Gasteiger partial charge is 0.465 e. The van der Waals surface area contributed by atoms with Crippen molar-refractivity contribution < 1.29 is 9.53 Å². The highest BCUT2D eigenvalue weighted by Crippen LogP contribution is 2.38. The van der Waals surface area contributed by atoms with Crippen molar-refractivity contribution in [2.75, 3.05) is 19.7 Å². The van der Waals surface area contributed by atoms with E-state index in [1.54, 1.807) is 0 Å². The van der Waals surface area contributed by atoms with Crippen molar-refractivity contribution in [1.29, 1.82) is 0 Å². The molecule has 3 nitrogen and oxygen atoms in total. The van der Waals surface area contributed by atoms with Gasteiger partial charge in [0.25, 0.3) is 0 Å². The average molecular weight is 307 g/mol. The average Bonchev–Trinajstić information content (AvgIpc) is 2.48. The normalized spacial score (nSPS) is 25.5. The molecule has 22 heavy (non-hydrogen) atoms. The second kappa shape index (κ2) is 7.63. The fourth-order valence-electron chi connectivity index (χ4n) is 3.82. The van der Waals surface area contributed by atoms with Crippen LogP contribution in [0.5, 0.6) is 0 Å². The lowest BCUT2D eigenvalue weighted by Crippen LogP contribution is -2.46. The van der Waals surface area contributed by atoms with Crippen molar-refractivity contribution in [2.45, 2.75) is 72.3 Å². The van der Waals surface area contributed by atoms with Gasteiger partial charge in [-0.25, -0.2) is 4.79 Å². The molecule has 1 saturated heterocycles. The van der Waals surface area contributed by atoms with E-state index in [2.05, 4.69) is 31.7 Å². The van der Waals surface area contributed by atoms with Crippen molar-refractivity contribution in [1.82, 2.24) is 4.90 Å². The van der Waals surface area contributed by atoms with Crippen LogP contribution in [0.3, 0.4) is 0 Å². The van der Waals surface area contributed by atoms with E-state index in [1.165, 1.54) is 31.3 Å². The second-order valence-electron chi connectivity index (χ2n) is 7.87. The van der Waals surface area contributed by atoms with E-state index in [4.69, 9.17) is 4.74 Å². The van der Waals surface area contributed by atoms with Gasteiger partial charge in [-0.15, -0.1) is 0 Å². The first-order valence-corrected chi connectivity index (χ1v) is 9.03. The lowest BCUT2D eigenvalue weighted by Gasteiger charge is -2.38. The molecular formula is C19H33NO2. The molecule has 1 aliphatic carbocycles. The van der Waals surface area contributed by atoms with Gasteiger partial charge in [-0.2, -0.15) is 0 Å². The molecule has 1 fully saturated rings. The van der Waals surface area contributed by atoms with Gasteiger partial charge >= 0.3 is 5.97 Å². The van der Waals surface area contributed by atoms with Gasteiger partial charge < -0.3 is 4.74 Å². The molecule has 0 aromatic carbocycles. The molecule has 2 aliphatic rings. The maximum atomic E-state index is 12.5. The summed E-state index contributed by atoms with van der Waals surface area (Å²) in [4.78, 5) is 14.9. The Balaban J connectivity index is 2.11. The number of carbonyl (C=O) groups is 1. The molecular weight excluding hydrogens is 274 g/mol. The monoisotopic (exact) mass is 307 g/mol. The van der Waals surface area contributed by atoms with Crippen molar-refractivity contribution >= 4 is 5.97 Å². The maximum Gasteiger partial charge on any atom is 0.327 e. The number of nitrogens with zero attached hydrogens (tertiary/aromatic N) is 1. The third kappa shape index (κ3) is 4.34. The maximum absolute atomic E-state index is 12.5. The minimum atomic E-state index is -0.124. The molecule has 0 N–H and O–H groups in total. The summed E-state index contributed by atoms with van der Waals surface area (Å²) in [6.07, 6.45) is 9.37. The van der Waals surface area contributed by atoms with Crippen molar-refractivity contribution in [3.05, 3.63) is 11.6 Å².